The molecule has 1 amide bonds. The van der Waals surface area contributed by atoms with E-state index in [4.69, 9.17) is 5.73 Å². The molecule has 0 radical (unpaired) electrons. The number of piperazine rings is 1. The van der Waals surface area contributed by atoms with Gasteiger partial charge in [-0.2, -0.15) is 0 Å². The van der Waals surface area contributed by atoms with Gasteiger partial charge in [0.25, 0.3) is 5.91 Å². The number of amides is 1. The van der Waals surface area contributed by atoms with Gasteiger partial charge in [-0.05, 0) is 48.1 Å². The van der Waals surface area contributed by atoms with Gasteiger partial charge in [-0.1, -0.05) is 0 Å². The van der Waals surface area contributed by atoms with Gasteiger partial charge in [-0.25, -0.2) is 0 Å². The molecule has 1 aromatic carbocycles. The summed E-state index contributed by atoms with van der Waals surface area (Å²) in [5.74, 6) is 0.0501. The third kappa shape index (κ3) is 2.67. The highest BCUT2D eigenvalue weighted by atomic mass is 79.9. The van der Waals surface area contributed by atoms with Crippen LogP contribution in [0.15, 0.2) is 22.7 Å². The van der Waals surface area contributed by atoms with E-state index in [1.807, 2.05) is 11.0 Å². The molecule has 1 aliphatic heterocycles. The van der Waals surface area contributed by atoms with Crippen molar-refractivity contribution in [1.29, 1.82) is 0 Å². The average Bonchev–Trinajstić information content (AvgIpc) is 2.35. The van der Waals surface area contributed by atoms with Crippen LogP contribution < -0.4 is 5.73 Å². The van der Waals surface area contributed by atoms with E-state index in [9.17, 15) is 4.79 Å². The van der Waals surface area contributed by atoms with Gasteiger partial charge >= 0.3 is 0 Å². The van der Waals surface area contributed by atoms with Crippen LogP contribution in [0.2, 0.25) is 0 Å². The molecule has 2 N–H and O–H groups in total. The molecular weight excluding hydrogens is 294 g/mol. The van der Waals surface area contributed by atoms with Crippen molar-refractivity contribution in [3.8, 4) is 0 Å². The second kappa shape index (κ2) is 5.28. The number of carbonyl (C=O) groups excluding carboxylic acids is 1. The molecule has 0 aromatic heterocycles. The summed E-state index contributed by atoms with van der Waals surface area (Å²) in [5.41, 5.74) is 7.00. The molecular formula is C13H18BrN3O. The zero-order valence-electron chi connectivity index (χ0n) is 10.7. The summed E-state index contributed by atoms with van der Waals surface area (Å²) in [6.07, 6.45) is 0. The number of nitrogens with zero attached hydrogens (tertiary/aromatic N) is 2. The van der Waals surface area contributed by atoms with Gasteiger partial charge in [-0.3, -0.25) is 4.79 Å². The lowest BCUT2D eigenvalue weighted by Gasteiger charge is -2.37. The highest BCUT2D eigenvalue weighted by Crippen LogP contribution is 2.22. The van der Waals surface area contributed by atoms with E-state index >= 15 is 0 Å². The molecule has 0 saturated carbocycles. The smallest absolute Gasteiger partial charge is 0.255 e. The zero-order valence-corrected chi connectivity index (χ0v) is 12.3. The van der Waals surface area contributed by atoms with E-state index in [2.05, 4.69) is 34.8 Å². The maximum atomic E-state index is 12.4. The Morgan fingerprint density at radius 3 is 2.83 bits per heavy atom. The van der Waals surface area contributed by atoms with Crippen LogP contribution in [0.5, 0.6) is 0 Å². The van der Waals surface area contributed by atoms with Crippen LogP contribution in [-0.4, -0.2) is 48.4 Å². The Hall–Kier alpha value is -1.07. The largest absolute Gasteiger partial charge is 0.399 e. The Labute approximate surface area is 116 Å². The minimum absolute atomic E-state index is 0.0501. The lowest BCUT2D eigenvalue weighted by molar-refractivity contribution is 0.0571. The number of rotatable bonds is 1. The zero-order chi connectivity index (χ0) is 13.3. The molecule has 1 fully saturated rings. The molecule has 4 nitrogen and oxygen atoms in total. The number of halogens is 1. The van der Waals surface area contributed by atoms with Crippen LogP contribution in [0.4, 0.5) is 5.69 Å². The fourth-order valence-electron chi connectivity index (χ4n) is 2.11. The van der Waals surface area contributed by atoms with Gasteiger partial charge < -0.3 is 15.5 Å². The maximum Gasteiger partial charge on any atom is 0.255 e. The van der Waals surface area contributed by atoms with Crippen molar-refractivity contribution < 1.29 is 4.79 Å². The summed E-state index contributed by atoms with van der Waals surface area (Å²) < 4.78 is 0.799. The Bertz CT molecular complexity index is 464. The van der Waals surface area contributed by atoms with Gasteiger partial charge in [0.05, 0.1) is 5.56 Å². The first kappa shape index (κ1) is 13.4. The quantitative estimate of drug-likeness (QED) is 0.805. The number of likely N-dealkylation sites (N-methyl/N-ethyl adjacent to an activating group) is 1. The molecule has 1 aliphatic rings. The highest BCUT2D eigenvalue weighted by Gasteiger charge is 2.26. The number of hydrogen-bond donors (Lipinski definition) is 1. The van der Waals surface area contributed by atoms with Crippen molar-refractivity contribution in [2.75, 3.05) is 32.4 Å². The third-order valence-corrected chi connectivity index (χ3v) is 4.16. The van der Waals surface area contributed by atoms with E-state index in [-0.39, 0.29) is 5.91 Å². The molecule has 1 saturated heterocycles. The summed E-state index contributed by atoms with van der Waals surface area (Å²) >= 11 is 3.41. The van der Waals surface area contributed by atoms with Crippen LogP contribution in [0.3, 0.4) is 0 Å². The Kier molecular flexibility index (Phi) is 3.92. The van der Waals surface area contributed by atoms with Crippen LogP contribution in [0.1, 0.15) is 17.3 Å². The first-order valence-electron chi connectivity index (χ1n) is 6.03. The van der Waals surface area contributed by atoms with Crippen molar-refractivity contribution in [1.82, 2.24) is 9.80 Å². The standard InChI is InChI=1S/C13H18BrN3O/c1-9-8-17(6-5-16(9)2)13(18)11-7-10(15)3-4-12(11)14/h3-4,7,9H,5-6,8,15H2,1-2H3. The normalized spacial score (nSPS) is 21.1. The number of nitrogens with two attached hydrogens (primary N) is 1. The molecule has 18 heavy (non-hydrogen) atoms. The molecule has 0 bridgehead atoms. The van der Waals surface area contributed by atoms with Crippen LogP contribution in [0.25, 0.3) is 0 Å². The Morgan fingerprint density at radius 1 is 1.44 bits per heavy atom. The molecule has 1 atom stereocenters. The number of carbonyl (C=O) groups is 1. The van der Waals surface area contributed by atoms with Crippen molar-refractivity contribution in [2.45, 2.75) is 13.0 Å². The predicted octanol–water partition coefficient (Wildman–Crippen LogP) is 1.81. The first-order valence-corrected chi connectivity index (χ1v) is 6.83. The second-order valence-corrected chi connectivity index (χ2v) is 5.67. The van der Waals surface area contributed by atoms with Crippen molar-refractivity contribution in [3.63, 3.8) is 0 Å². The molecule has 5 heteroatoms. The predicted molar refractivity (Wildman–Crippen MR) is 76.5 cm³/mol. The van der Waals surface area contributed by atoms with Gasteiger partial charge in [0.15, 0.2) is 0 Å². The van der Waals surface area contributed by atoms with E-state index in [0.29, 0.717) is 17.3 Å². The van der Waals surface area contributed by atoms with Gasteiger partial charge in [0.1, 0.15) is 0 Å². The summed E-state index contributed by atoms with van der Waals surface area (Å²) in [5, 5.41) is 0. The highest BCUT2D eigenvalue weighted by molar-refractivity contribution is 9.10. The molecule has 1 heterocycles. The summed E-state index contributed by atoms with van der Waals surface area (Å²) in [4.78, 5) is 16.6. The maximum absolute atomic E-state index is 12.4. The van der Waals surface area contributed by atoms with Crippen LogP contribution >= 0.6 is 15.9 Å². The second-order valence-electron chi connectivity index (χ2n) is 4.82. The minimum atomic E-state index is 0.0501. The van der Waals surface area contributed by atoms with Gasteiger partial charge in [0, 0.05) is 35.8 Å². The molecule has 1 unspecified atom stereocenters. The lowest BCUT2D eigenvalue weighted by atomic mass is 10.1. The Balaban J connectivity index is 2.19. The minimum Gasteiger partial charge on any atom is -0.399 e. The summed E-state index contributed by atoms with van der Waals surface area (Å²) in [6.45, 7) is 4.57. The monoisotopic (exact) mass is 311 g/mol. The van der Waals surface area contributed by atoms with E-state index in [1.165, 1.54) is 0 Å². The topological polar surface area (TPSA) is 49.6 Å². The molecule has 2 rings (SSSR count). The van der Waals surface area contributed by atoms with E-state index in [0.717, 1.165) is 24.1 Å². The fourth-order valence-corrected chi connectivity index (χ4v) is 2.53. The van der Waals surface area contributed by atoms with Crippen LogP contribution in [0, 0.1) is 0 Å². The SMILES string of the molecule is CC1CN(C(=O)c2cc(N)ccc2Br)CCN1C. The number of benzene rings is 1. The Morgan fingerprint density at radius 2 is 2.17 bits per heavy atom. The molecule has 98 valence electrons. The van der Waals surface area contributed by atoms with E-state index < -0.39 is 0 Å². The summed E-state index contributed by atoms with van der Waals surface area (Å²) in [7, 11) is 2.09. The van der Waals surface area contributed by atoms with E-state index in [1.54, 1.807) is 12.1 Å². The van der Waals surface area contributed by atoms with Crippen molar-refractivity contribution in [2.24, 2.45) is 0 Å². The third-order valence-electron chi connectivity index (χ3n) is 3.47. The van der Waals surface area contributed by atoms with Crippen molar-refractivity contribution in [3.05, 3.63) is 28.2 Å². The average molecular weight is 312 g/mol. The number of hydrogen-bond acceptors (Lipinski definition) is 3. The molecule has 1 aromatic rings. The first-order chi connectivity index (χ1) is 8.49. The summed E-state index contributed by atoms with van der Waals surface area (Å²) in [6, 6.07) is 5.73. The van der Waals surface area contributed by atoms with Gasteiger partial charge in [0.2, 0.25) is 0 Å². The molecule has 0 spiro atoms. The number of anilines is 1. The van der Waals surface area contributed by atoms with Crippen LogP contribution in [-0.2, 0) is 0 Å². The number of nitrogen functional groups attached to an aromatic ring is 1. The fraction of sp³-hybridized carbons (Fsp3) is 0.462. The lowest BCUT2D eigenvalue weighted by Crippen LogP contribution is -2.52. The van der Waals surface area contributed by atoms with Crippen molar-refractivity contribution >= 4 is 27.5 Å². The van der Waals surface area contributed by atoms with Gasteiger partial charge in [-0.15, -0.1) is 0 Å². The molecule has 0 aliphatic carbocycles.